The second kappa shape index (κ2) is 0.982. The third-order valence-corrected chi connectivity index (χ3v) is 2.13. The Morgan fingerprint density at radius 2 is 2.62 bits per heavy atom. The van der Waals surface area contributed by atoms with Crippen LogP contribution in [0, 0.1) is 5.92 Å². The Kier molecular flexibility index (Phi) is 0.553. The topological polar surface area (TPSA) is 29.6 Å². The highest BCUT2D eigenvalue weighted by Gasteiger charge is 2.68. The summed E-state index contributed by atoms with van der Waals surface area (Å²) in [4.78, 5) is 10.2. The first-order valence-electron chi connectivity index (χ1n) is 2.93. The van der Waals surface area contributed by atoms with Gasteiger partial charge in [0.1, 0.15) is 0 Å². The van der Waals surface area contributed by atoms with E-state index >= 15 is 0 Å². The van der Waals surface area contributed by atoms with E-state index in [1.807, 2.05) is 0 Å². The summed E-state index contributed by atoms with van der Waals surface area (Å²) in [6.07, 6.45) is 2.18. The zero-order chi connectivity index (χ0) is 5.78. The van der Waals surface area contributed by atoms with E-state index in [1.54, 1.807) is 0 Å². The fraction of sp³-hybridized carbons (Fsp3) is 0.833. The van der Waals surface area contributed by atoms with Crippen LogP contribution in [0.4, 0.5) is 0 Å². The number of rotatable bonds is 1. The van der Waals surface area contributed by atoms with E-state index in [9.17, 15) is 4.79 Å². The molecule has 44 valence electrons. The maximum Gasteiger partial charge on any atom is 0.154 e. The van der Waals surface area contributed by atoms with E-state index in [2.05, 4.69) is 6.92 Å². The number of carbonyl (C=O) groups is 1. The molecule has 2 fully saturated rings. The molecule has 1 saturated heterocycles. The molecule has 0 amide bonds. The summed E-state index contributed by atoms with van der Waals surface area (Å²) >= 11 is 0. The summed E-state index contributed by atoms with van der Waals surface area (Å²) in [6, 6.07) is 0. The van der Waals surface area contributed by atoms with Crippen LogP contribution in [-0.4, -0.2) is 18.0 Å². The summed E-state index contributed by atoms with van der Waals surface area (Å²) in [7, 11) is 0. The maximum absolute atomic E-state index is 10.2. The van der Waals surface area contributed by atoms with E-state index in [0.29, 0.717) is 12.0 Å². The van der Waals surface area contributed by atoms with Crippen molar-refractivity contribution in [3.63, 3.8) is 0 Å². The minimum atomic E-state index is -0.278. The number of hydrogen-bond donors (Lipinski definition) is 0. The summed E-state index contributed by atoms with van der Waals surface area (Å²) in [5.41, 5.74) is -0.278. The number of carbonyl (C=O) groups excluding carboxylic acids is 1. The molecule has 2 aliphatic rings. The Morgan fingerprint density at radius 3 is 2.75 bits per heavy atom. The first-order chi connectivity index (χ1) is 3.78. The highest BCUT2D eigenvalue weighted by molar-refractivity contribution is 5.70. The Labute approximate surface area is 47.8 Å². The van der Waals surface area contributed by atoms with Gasteiger partial charge in [0.2, 0.25) is 0 Å². The van der Waals surface area contributed by atoms with Crippen LogP contribution in [0.5, 0.6) is 0 Å². The van der Waals surface area contributed by atoms with Crippen LogP contribution in [0.1, 0.15) is 13.3 Å². The minimum Gasteiger partial charge on any atom is -0.358 e. The molecule has 8 heavy (non-hydrogen) atoms. The van der Waals surface area contributed by atoms with E-state index < -0.39 is 0 Å². The van der Waals surface area contributed by atoms with Crippen molar-refractivity contribution < 1.29 is 9.53 Å². The number of hydrogen-bond acceptors (Lipinski definition) is 2. The third-order valence-electron chi connectivity index (χ3n) is 2.13. The van der Waals surface area contributed by atoms with Gasteiger partial charge in [0.25, 0.3) is 0 Å². The van der Waals surface area contributed by atoms with Crippen molar-refractivity contribution in [2.75, 3.05) is 0 Å². The van der Waals surface area contributed by atoms with Crippen LogP contribution in [0.15, 0.2) is 0 Å². The van der Waals surface area contributed by atoms with Crippen LogP contribution < -0.4 is 0 Å². The van der Waals surface area contributed by atoms with Crippen LogP contribution in [0.25, 0.3) is 0 Å². The van der Waals surface area contributed by atoms with Gasteiger partial charge < -0.3 is 9.53 Å². The summed E-state index contributed by atoms with van der Waals surface area (Å²) in [5, 5.41) is 0. The second-order valence-electron chi connectivity index (χ2n) is 2.79. The lowest BCUT2D eigenvalue weighted by Crippen LogP contribution is -2.34. The van der Waals surface area contributed by atoms with Crippen molar-refractivity contribution in [2.24, 2.45) is 5.92 Å². The molecule has 0 radical (unpaired) electrons. The van der Waals surface area contributed by atoms with Gasteiger partial charge >= 0.3 is 0 Å². The van der Waals surface area contributed by atoms with Crippen molar-refractivity contribution in [1.29, 1.82) is 0 Å². The largest absolute Gasteiger partial charge is 0.358 e. The lowest BCUT2D eigenvalue weighted by atomic mass is 9.77. The van der Waals surface area contributed by atoms with Crippen LogP contribution in [0.2, 0.25) is 0 Å². The SMILES string of the molecule is CC1CC2(C=O)OC12. The van der Waals surface area contributed by atoms with Gasteiger partial charge in [-0.05, 0) is 12.3 Å². The highest BCUT2D eigenvalue weighted by atomic mass is 16.6. The quantitative estimate of drug-likeness (QED) is 0.362. The average Bonchev–Trinajstić information content (AvgIpc) is 2.36. The Morgan fingerprint density at radius 1 is 1.88 bits per heavy atom. The van der Waals surface area contributed by atoms with E-state index in [0.717, 1.165) is 12.7 Å². The fourth-order valence-electron chi connectivity index (χ4n) is 1.56. The van der Waals surface area contributed by atoms with Crippen LogP contribution in [0.3, 0.4) is 0 Å². The van der Waals surface area contributed by atoms with Crippen molar-refractivity contribution in [3.05, 3.63) is 0 Å². The first-order valence-corrected chi connectivity index (χ1v) is 2.93. The van der Waals surface area contributed by atoms with Gasteiger partial charge in [-0.1, -0.05) is 6.92 Å². The standard InChI is InChI=1S/C6H8O2/c1-4-2-6(3-7)5(4)8-6/h3-5H,2H2,1H3. The van der Waals surface area contributed by atoms with Crippen LogP contribution >= 0.6 is 0 Å². The van der Waals surface area contributed by atoms with Gasteiger partial charge in [0, 0.05) is 0 Å². The molecule has 2 heteroatoms. The predicted octanol–water partition coefficient (Wildman–Crippen LogP) is 0.363. The molecule has 0 aromatic carbocycles. The molecule has 0 N–H and O–H groups in total. The van der Waals surface area contributed by atoms with E-state index in [4.69, 9.17) is 4.74 Å². The van der Waals surface area contributed by atoms with Gasteiger partial charge in [-0.2, -0.15) is 0 Å². The molecule has 3 unspecified atom stereocenters. The van der Waals surface area contributed by atoms with Crippen LogP contribution in [-0.2, 0) is 9.53 Å². The number of fused-ring (bicyclic) bond motifs is 1. The molecular formula is C6H8O2. The molecule has 2 nitrogen and oxygen atoms in total. The molecule has 2 rings (SSSR count). The van der Waals surface area contributed by atoms with E-state index in [-0.39, 0.29) is 5.60 Å². The van der Waals surface area contributed by atoms with Gasteiger partial charge in [-0.15, -0.1) is 0 Å². The first kappa shape index (κ1) is 4.50. The number of epoxide rings is 1. The number of aldehydes is 1. The Bertz CT molecular complexity index is 143. The second-order valence-corrected chi connectivity index (χ2v) is 2.79. The lowest BCUT2D eigenvalue weighted by molar-refractivity contribution is -0.113. The van der Waals surface area contributed by atoms with Crippen molar-refractivity contribution in [3.8, 4) is 0 Å². The molecule has 0 aromatic heterocycles. The molecule has 1 heterocycles. The molecule has 1 aliphatic heterocycles. The monoisotopic (exact) mass is 112 g/mol. The van der Waals surface area contributed by atoms with Gasteiger partial charge in [-0.25, -0.2) is 0 Å². The summed E-state index contributed by atoms with van der Waals surface area (Å²) in [5.74, 6) is 0.625. The molecule has 0 aromatic rings. The molecule has 3 atom stereocenters. The van der Waals surface area contributed by atoms with Gasteiger partial charge in [0.05, 0.1) is 6.10 Å². The van der Waals surface area contributed by atoms with Crippen molar-refractivity contribution >= 4 is 6.29 Å². The molecule has 0 bridgehead atoms. The predicted molar refractivity (Wildman–Crippen MR) is 27.4 cm³/mol. The molecule has 1 saturated carbocycles. The normalized spacial score (nSPS) is 58.6. The molecule has 0 spiro atoms. The summed E-state index contributed by atoms with van der Waals surface area (Å²) < 4.78 is 5.11. The zero-order valence-corrected chi connectivity index (χ0v) is 4.76. The molecule has 1 aliphatic carbocycles. The molecular weight excluding hydrogens is 104 g/mol. The third kappa shape index (κ3) is 0.284. The number of ether oxygens (including phenoxy) is 1. The van der Waals surface area contributed by atoms with Crippen molar-refractivity contribution in [1.82, 2.24) is 0 Å². The van der Waals surface area contributed by atoms with Gasteiger partial charge in [-0.3, -0.25) is 0 Å². The Balaban J connectivity index is 2.12. The minimum absolute atomic E-state index is 0.278. The average molecular weight is 112 g/mol. The van der Waals surface area contributed by atoms with Gasteiger partial charge in [0.15, 0.2) is 11.9 Å². The Hall–Kier alpha value is -0.370. The van der Waals surface area contributed by atoms with Crippen molar-refractivity contribution in [2.45, 2.75) is 25.0 Å². The zero-order valence-electron chi connectivity index (χ0n) is 4.76. The smallest absolute Gasteiger partial charge is 0.154 e. The lowest BCUT2D eigenvalue weighted by Gasteiger charge is -2.20. The summed E-state index contributed by atoms with van der Waals surface area (Å²) in [6.45, 7) is 2.11. The fourth-order valence-corrected chi connectivity index (χ4v) is 1.56. The maximum atomic E-state index is 10.2. The highest BCUT2D eigenvalue weighted by Crippen LogP contribution is 2.55. The van der Waals surface area contributed by atoms with E-state index in [1.165, 1.54) is 0 Å².